The van der Waals surface area contributed by atoms with Gasteiger partial charge in [-0.05, 0) is 37.4 Å². The van der Waals surface area contributed by atoms with E-state index in [1.54, 1.807) is 23.5 Å². The SMILES string of the molecule is CC(=O)c1cccc(S(=O)(=O)NCc2sc(-c3cccs3)nc2C)c1. The number of nitrogens with one attached hydrogen (secondary N) is 1. The third kappa shape index (κ3) is 4.04. The van der Waals surface area contributed by atoms with E-state index in [2.05, 4.69) is 9.71 Å². The van der Waals surface area contributed by atoms with E-state index in [9.17, 15) is 13.2 Å². The molecule has 3 aromatic rings. The summed E-state index contributed by atoms with van der Waals surface area (Å²) in [6, 6.07) is 9.98. The average molecular weight is 393 g/mol. The Morgan fingerprint density at radius 3 is 2.72 bits per heavy atom. The Labute approximate surface area is 154 Å². The summed E-state index contributed by atoms with van der Waals surface area (Å²) in [4.78, 5) is 18.0. The minimum absolute atomic E-state index is 0.0841. The Bertz CT molecular complexity index is 1010. The Balaban J connectivity index is 1.79. The van der Waals surface area contributed by atoms with Crippen LogP contribution in [0.3, 0.4) is 0 Å². The highest BCUT2D eigenvalue weighted by Gasteiger charge is 2.17. The summed E-state index contributed by atoms with van der Waals surface area (Å²) in [6.07, 6.45) is 0. The number of aromatic nitrogens is 1. The van der Waals surface area contributed by atoms with E-state index in [-0.39, 0.29) is 17.2 Å². The predicted octanol–water partition coefficient (Wildman–Crippen LogP) is 3.86. The number of ketones is 1. The number of hydrogen-bond donors (Lipinski definition) is 1. The lowest BCUT2D eigenvalue weighted by atomic mass is 10.2. The van der Waals surface area contributed by atoms with Crippen molar-refractivity contribution < 1.29 is 13.2 Å². The van der Waals surface area contributed by atoms with Crippen molar-refractivity contribution in [3.63, 3.8) is 0 Å². The van der Waals surface area contributed by atoms with Crippen LogP contribution in [0.4, 0.5) is 0 Å². The van der Waals surface area contributed by atoms with E-state index < -0.39 is 10.0 Å². The lowest BCUT2D eigenvalue weighted by Crippen LogP contribution is -2.23. The van der Waals surface area contributed by atoms with Gasteiger partial charge >= 0.3 is 0 Å². The molecule has 0 saturated carbocycles. The van der Waals surface area contributed by atoms with Crippen LogP contribution in [0.1, 0.15) is 27.9 Å². The molecule has 0 bridgehead atoms. The maximum atomic E-state index is 12.5. The second-order valence-corrected chi connectivity index (χ2v) is 9.21. The topological polar surface area (TPSA) is 76.1 Å². The summed E-state index contributed by atoms with van der Waals surface area (Å²) in [6.45, 7) is 3.45. The van der Waals surface area contributed by atoms with Gasteiger partial charge in [-0.3, -0.25) is 4.79 Å². The molecule has 130 valence electrons. The number of thiophene rings is 1. The highest BCUT2D eigenvalue weighted by atomic mass is 32.2. The van der Waals surface area contributed by atoms with Gasteiger partial charge in [0.15, 0.2) is 5.78 Å². The number of benzene rings is 1. The van der Waals surface area contributed by atoms with Gasteiger partial charge < -0.3 is 0 Å². The van der Waals surface area contributed by atoms with Crippen LogP contribution < -0.4 is 4.72 Å². The van der Waals surface area contributed by atoms with Gasteiger partial charge in [0.25, 0.3) is 0 Å². The van der Waals surface area contributed by atoms with Gasteiger partial charge in [-0.15, -0.1) is 22.7 Å². The van der Waals surface area contributed by atoms with Crippen LogP contribution in [0.5, 0.6) is 0 Å². The highest BCUT2D eigenvalue weighted by Crippen LogP contribution is 2.31. The molecule has 0 spiro atoms. The molecule has 25 heavy (non-hydrogen) atoms. The number of hydrogen-bond acceptors (Lipinski definition) is 6. The van der Waals surface area contributed by atoms with Crippen molar-refractivity contribution in [1.29, 1.82) is 0 Å². The minimum Gasteiger partial charge on any atom is -0.295 e. The fraction of sp³-hybridized carbons (Fsp3) is 0.176. The Hall–Kier alpha value is -1.87. The number of aryl methyl sites for hydroxylation is 1. The largest absolute Gasteiger partial charge is 0.295 e. The number of Topliss-reactive ketones (excluding diaryl/α,β-unsaturated/α-hetero) is 1. The number of sulfonamides is 1. The molecule has 1 aromatic carbocycles. The van der Waals surface area contributed by atoms with Gasteiger partial charge in [-0.25, -0.2) is 18.1 Å². The van der Waals surface area contributed by atoms with E-state index in [0.29, 0.717) is 5.56 Å². The zero-order chi connectivity index (χ0) is 18.0. The molecule has 0 radical (unpaired) electrons. The fourth-order valence-electron chi connectivity index (χ4n) is 2.22. The van der Waals surface area contributed by atoms with E-state index in [0.717, 1.165) is 20.5 Å². The Morgan fingerprint density at radius 2 is 2.04 bits per heavy atom. The third-order valence-electron chi connectivity index (χ3n) is 3.60. The summed E-state index contributed by atoms with van der Waals surface area (Å²) in [7, 11) is -3.70. The van der Waals surface area contributed by atoms with Crippen LogP contribution in [0.25, 0.3) is 9.88 Å². The molecule has 3 rings (SSSR count). The van der Waals surface area contributed by atoms with Gasteiger partial charge in [0, 0.05) is 17.0 Å². The quantitative estimate of drug-likeness (QED) is 0.646. The van der Waals surface area contributed by atoms with Crippen LogP contribution >= 0.6 is 22.7 Å². The number of nitrogens with zero attached hydrogens (tertiary/aromatic N) is 1. The van der Waals surface area contributed by atoms with E-state index >= 15 is 0 Å². The summed E-state index contributed by atoms with van der Waals surface area (Å²) >= 11 is 3.08. The molecule has 5 nitrogen and oxygen atoms in total. The lowest BCUT2D eigenvalue weighted by molar-refractivity contribution is 0.101. The molecule has 0 fully saturated rings. The zero-order valence-electron chi connectivity index (χ0n) is 13.6. The molecule has 0 saturated heterocycles. The van der Waals surface area contributed by atoms with Crippen LogP contribution in [0, 0.1) is 6.92 Å². The van der Waals surface area contributed by atoms with Gasteiger partial charge in [0.2, 0.25) is 10.0 Å². The fourth-order valence-corrected chi connectivity index (χ4v) is 5.16. The number of rotatable bonds is 6. The van der Waals surface area contributed by atoms with Crippen molar-refractivity contribution in [2.45, 2.75) is 25.3 Å². The second kappa shape index (κ2) is 7.17. The highest BCUT2D eigenvalue weighted by molar-refractivity contribution is 7.89. The normalized spacial score (nSPS) is 11.6. The van der Waals surface area contributed by atoms with E-state index in [4.69, 9.17) is 0 Å². The zero-order valence-corrected chi connectivity index (χ0v) is 16.1. The molecule has 0 unspecified atom stereocenters. The molecule has 1 N–H and O–H groups in total. The van der Waals surface area contributed by atoms with Crippen molar-refractivity contribution in [2.24, 2.45) is 0 Å². The van der Waals surface area contributed by atoms with Gasteiger partial charge in [-0.1, -0.05) is 18.2 Å². The van der Waals surface area contributed by atoms with Crippen molar-refractivity contribution in [1.82, 2.24) is 9.71 Å². The van der Waals surface area contributed by atoms with Crippen LogP contribution in [-0.2, 0) is 16.6 Å². The summed E-state index contributed by atoms with van der Waals surface area (Å²) in [5.41, 5.74) is 1.19. The Kier molecular flexibility index (Phi) is 5.14. The first-order chi connectivity index (χ1) is 11.9. The van der Waals surface area contributed by atoms with Crippen LogP contribution in [0.15, 0.2) is 46.7 Å². The molecule has 0 amide bonds. The monoisotopic (exact) mass is 392 g/mol. The van der Waals surface area contributed by atoms with Gasteiger partial charge in [-0.2, -0.15) is 0 Å². The molecular weight excluding hydrogens is 376 g/mol. The Morgan fingerprint density at radius 1 is 1.24 bits per heavy atom. The molecule has 0 aliphatic rings. The first kappa shape index (κ1) is 17.9. The number of carbonyl (C=O) groups is 1. The van der Waals surface area contributed by atoms with E-state index in [1.807, 2.05) is 24.4 Å². The molecule has 0 aliphatic heterocycles. The predicted molar refractivity (Wildman–Crippen MR) is 101 cm³/mol. The lowest BCUT2D eigenvalue weighted by Gasteiger charge is -2.07. The summed E-state index contributed by atoms with van der Waals surface area (Å²) < 4.78 is 27.6. The van der Waals surface area contributed by atoms with Crippen LogP contribution in [0.2, 0.25) is 0 Å². The first-order valence-electron chi connectivity index (χ1n) is 7.47. The standard InChI is InChI=1S/C17H16N2O3S3/c1-11-16(24-17(19-11)15-7-4-8-23-15)10-18-25(21,22)14-6-3-5-13(9-14)12(2)20/h3-9,18H,10H2,1-2H3. The van der Waals surface area contributed by atoms with Crippen molar-refractivity contribution in [3.05, 3.63) is 57.9 Å². The smallest absolute Gasteiger partial charge is 0.240 e. The summed E-state index contributed by atoms with van der Waals surface area (Å²) in [5, 5.41) is 2.87. The van der Waals surface area contributed by atoms with Crippen molar-refractivity contribution in [2.75, 3.05) is 0 Å². The number of carbonyl (C=O) groups excluding carboxylic acids is 1. The van der Waals surface area contributed by atoms with Crippen LogP contribution in [-0.4, -0.2) is 19.2 Å². The summed E-state index contributed by atoms with van der Waals surface area (Å²) in [5.74, 6) is -0.170. The molecule has 2 aromatic heterocycles. The van der Waals surface area contributed by atoms with Gasteiger partial charge in [0.05, 0.1) is 15.5 Å². The molecule has 0 aliphatic carbocycles. The maximum absolute atomic E-state index is 12.5. The maximum Gasteiger partial charge on any atom is 0.240 e. The first-order valence-corrected chi connectivity index (χ1v) is 10.7. The molecule has 2 heterocycles. The van der Waals surface area contributed by atoms with Crippen molar-refractivity contribution in [3.8, 4) is 9.88 Å². The van der Waals surface area contributed by atoms with Crippen molar-refractivity contribution >= 4 is 38.5 Å². The molecule has 8 heteroatoms. The molecule has 0 atom stereocenters. The second-order valence-electron chi connectivity index (χ2n) is 5.41. The molecular formula is C17H16N2O3S3. The third-order valence-corrected chi connectivity index (χ3v) is 7.19. The van der Waals surface area contributed by atoms with Gasteiger partial charge in [0.1, 0.15) is 5.01 Å². The number of thiazole rings is 1. The van der Waals surface area contributed by atoms with E-state index in [1.165, 1.54) is 30.4 Å². The average Bonchev–Trinajstić information content (AvgIpc) is 3.23. The minimum atomic E-state index is -3.70.